The van der Waals surface area contributed by atoms with Crippen molar-refractivity contribution in [1.29, 1.82) is 0 Å². The number of allylic oxidation sites excluding steroid dienone is 3. The van der Waals surface area contributed by atoms with E-state index in [9.17, 15) is 0 Å². The highest BCUT2D eigenvalue weighted by atomic mass is 35.5. The Labute approximate surface area is 92.1 Å². The number of halogens is 3. The van der Waals surface area contributed by atoms with Crippen molar-refractivity contribution in [2.75, 3.05) is 6.54 Å². The molecule has 0 saturated heterocycles. The van der Waals surface area contributed by atoms with E-state index in [0.29, 0.717) is 11.7 Å². The van der Waals surface area contributed by atoms with Crippen molar-refractivity contribution in [2.45, 2.75) is 6.42 Å². The largest absolute Gasteiger partial charge is 0.273 e. The summed E-state index contributed by atoms with van der Waals surface area (Å²) in [5, 5.41) is 2.18. The molecule has 13 heavy (non-hydrogen) atoms. The maximum absolute atomic E-state index is 6.09. The van der Waals surface area contributed by atoms with Gasteiger partial charge in [0, 0.05) is 16.0 Å². The first-order valence-electron chi connectivity index (χ1n) is 4.11. The Morgan fingerprint density at radius 1 is 1.15 bits per heavy atom. The van der Waals surface area contributed by atoms with Gasteiger partial charge in [-0.05, 0) is 12.5 Å². The molecule has 2 aliphatic rings. The van der Waals surface area contributed by atoms with Gasteiger partial charge in [0.2, 0.25) is 0 Å². The lowest BCUT2D eigenvalue weighted by molar-refractivity contribution is 0.621. The van der Waals surface area contributed by atoms with Crippen molar-refractivity contribution in [3.63, 3.8) is 0 Å². The molecule has 0 N–H and O–H groups in total. The molecule has 0 fully saturated rings. The van der Waals surface area contributed by atoms with Crippen LogP contribution in [-0.2, 0) is 0 Å². The normalized spacial score (nSPS) is 33.0. The summed E-state index contributed by atoms with van der Waals surface area (Å²) in [5.74, 6) is 0.225. The van der Waals surface area contributed by atoms with Crippen LogP contribution in [0.1, 0.15) is 6.42 Å². The molecule has 0 radical (unpaired) electrons. The summed E-state index contributed by atoms with van der Waals surface area (Å²) in [6.45, 7) is 0.564. The summed E-state index contributed by atoms with van der Waals surface area (Å²) in [4.78, 5) is 4.16. The molecule has 1 unspecified atom stereocenters. The lowest BCUT2D eigenvalue weighted by atomic mass is 9.96. The van der Waals surface area contributed by atoms with Gasteiger partial charge >= 0.3 is 0 Å². The van der Waals surface area contributed by atoms with Crippen LogP contribution in [0.3, 0.4) is 0 Å². The highest BCUT2D eigenvalue weighted by Crippen LogP contribution is 2.42. The molecule has 1 aliphatic carbocycles. The van der Waals surface area contributed by atoms with E-state index in [0.717, 1.165) is 16.5 Å². The molecule has 0 aromatic rings. The van der Waals surface area contributed by atoms with Crippen molar-refractivity contribution in [3.8, 4) is 0 Å². The van der Waals surface area contributed by atoms with Gasteiger partial charge in [-0.2, -0.15) is 0 Å². The van der Waals surface area contributed by atoms with Gasteiger partial charge in [-0.1, -0.05) is 40.9 Å². The van der Waals surface area contributed by atoms with Gasteiger partial charge < -0.3 is 0 Å². The molecule has 1 nitrogen and oxygen atoms in total. The third kappa shape index (κ3) is 1.65. The van der Waals surface area contributed by atoms with E-state index in [2.05, 4.69) is 4.99 Å². The summed E-state index contributed by atoms with van der Waals surface area (Å²) in [6, 6.07) is 0. The van der Waals surface area contributed by atoms with Crippen LogP contribution in [0, 0.1) is 11.8 Å². The topological polar surface area (TPSA) is 12.4 Å². The number of nitrogens with zero attached hydrogens (tertiary/aromatic N) is 1. The Hall–Kier alpha value is 0.0200. The summed E-state index contributed by atoms with van der Waals surface area (Å²) in [7, 11) is 0. The van der Waals surface area contributed by atoms with Crippen molar-refractivity contribution in [1.82, 2.24) is 0 Å². The minimum Gasteiger partial charge on any atom is -0.273 e. The summed E-state index contributed by atoms with van der Waals surface area (Å²) in [6.07, 6.45) is 4.73. The van der Waals surface area contributed by atoms with Gasteiger partial charge in [0.05, 0.1) is 12.5 Å². The predicted molar refractivity (Wildman–Crippen MR) is 57.6 cm³/mol. The van der Waals surface area contributed by atoms with E-state index < -0.39 is 0 Å². The van der Waals surface area contributed by atoms with Crippen molar-refractivity contribution >= 4 is 40.0 Å². The van der Waals surface area contributed by atoms with Gasteiger partial charge in [-0.15, -0.1) is 0 Å². The van der Waals surface area contributed by atoms with E-state index in [1.54, 1.807) is 0 Å². The molecular formula is C9H8Cl3N. The highest BCUT2D eigenvalue weighted by Gasteiger charge is 2.35. The fraction of sp³-hybridized carbons (Fsp3) is 0.444. The Morgan fingerprint density at radius 3 is 2.69 bits per heavy atom. The van der Waals surface area contributed by atoms with Crippen LogP contribution in [-0.4, -0.2) is 11.7 Å². The monoisotopic (exact) mass is 235 g/mol. The molecule has 4 heteroatoms. The van der Waals surface area contributed by atoms with Gasteiger partial charge in [0.1, 0.15) is 5.17 Å². The van der Waals surface area contributed by atoms with Crippen molar-refractivity contribution < 1.29 is 0 Å². The first-order valence-corrected chi connectivity index (χ1v) is 5.24. The zero-order valence-corrected chi connectivity index (χ0v) is 9.07. The van der Waals surface area contributed by atoms with E-state index in [1.807, 2.05) is 12.2 Å². The van der Waals surface area contributed by atoms with Crippen LogP contribution < -0.4 is 0 Å². The van der Waals surface area contributed by atoms with Crippen LogP contribution in [0.2, 0.25) is 0 Å². The second-order valence-corrected chi connectivity index (χ2v) is 4.42. The van der Waals surface area contributed by atoms with Crippen LogP contribution >= 0.6 is 34.8 Å². The Balaban J connectivity index is 2.37. The third-order valence-electron chi connectivity index (χ3n) is 2.41. The fourth-order valence-corrected chi connectivity index (χ4v) is 2.74. The van der Waals surface area contributed by atoms with E-state index in [4.69, 9.17) is 34.8 Å². The third-order valence-corrected chi connectivity index (χ3v) is 3.58. The number of aliphatic imine (C=N–C) groups is 1. The smallest absolute Gasteiger partial charge is 0.110 e. The predicted octanol–water partition coefficient (Wildman–Crippen LogP) is 3.52. The van der Waals surface area contributed by atoms with Crippen LogP contribution in [0.25, 0.3) is 0 Å². The first-order chi connectivity index (χ1) is 6.20. The summed E-state index contributed by atoms with van der Waals surface area (Å²) in [5.41, 5.74) is 0. The number of rotatable bonds is 0. The first kappa shape index (κ1) is 9.57. The van der Waals surface area contributed by atoms with E-state index >= 15 is 0 Å². The van der Waals surface area contributed by atoms with Crippen molar-refractivity contribution in [2.24, 2.45) is 16.8 Å². The molecule has 0 spiro atoms. The minimum atomic E-state index is 0.00887. The van der Waals surface area contributed by atoms with Gasteiger partial charge in [-0.25, -0.2) is 0 Å². The molecule has 0 aromatic carbocycles. The fourth-order valence-electron chi connectivity index (χ4n) is 1.72. The lowest BCUT2D eigenvalue weighted by Crippen LogP contribution is -2.15. The highest BCUT2D eigenvalue weighted by molar-refractivity contribution is 6.67. The molecule has 1 heterocycles. The molecule has 0 amide bonds. The van der Waals surface area contributed by atoms with Crippen LogP contribution in [0.5, 0.6) is 0 Å². The molecule has 2 atom stereocenters. The van der Waals surface area contributed by atoms with E-state index in [-0.39, 0.29) is 11.8 Å². The van der Waals surface area contributed by atoms with E-state index in [1.165, 1.54) is 0 Å². The molecule has 1 aliphatic heterocycles. The Morgan fingerprint density at radius 2 is 1.92 bits per heavy atom. The second kappa shape index (κ2) is 3.64. The lowest BCUT2D eigenvalue weighted by Gasteiger charge is -2.16. The van der Waals surface area contributed by atoms with Gasteiger partial charge in [0.15, 0.2) is 0 Å². The quantitative estimate of drug-likeness (QED) is 0.610. The van der Waals surface area contributed by atoms with Crippen molar-refractivity contribution in [3.05, 3.63) is 22.2 Å². The zero-order chi connectivity index (χ0) is 9.42. The van der Waals surface area contributed by atoms with Crippen LogP contribution in [0.15, 0.2) is 27.2 Å². The SMILES string of the molecule is ClC1=CCN=C(Cl)[C@@H]2C(Cl)=CCC12. The van der Waals surface area contributed by atoms with Crippen LogP contribution in [0.4, 0.5) is 0 Å². The average molecular weight is 237 g/mol. The molecule has 0 saturated carbocycles. The standard InChI is InChI=1S/C9H8Cl3N/c10-6-3-4-13-9(12)8-5(6)1-2-7(8)11/h2-3,5,8H,1,4H2/t5?,8-/m0/s1. The summed E-state index contributed by atoms with van der Waals surface area (Å²) >= 11 is 18.1. The van der Waals surface area contributed by atoms with Gasteiger partial charge in [-0.3, -0.25) is 4.99 Å². The maximum Gasteiger partial charge on any atom is 0.110 e. The maximum atomic E-state index is 6.09. The Kier molecular flexibility index (Phi) is 2.68. The second-order valence-electron chi connectivity index (χ2n) is 3.16. The molecular weight excluding hydrogens is 228 g/mol. The molecule has 0 aromatic heterocycles. The Bertz CT molecular complexity index is 317. The average Bonchev–Trinajstić information content (AvgIpc) is 2.40. The minimum absolute atomic E-state index is 0.00887. The number of fused-ring (bicyclic) bond motifs is 1. The zero-order valence-electron chi connectivity index (χ0n) is 6.80. The molecule has 70 valence electrons. The van der Waals surface area contributed by atoms with Gasteiger partial charge in [0.25, 0.3) is 0 Å². The number of hydrogen-bond donors (Lipinski definition) is 0. The molecule has 0 bridgehead atoms. The molecule has 2 rings (SSSR count). The number of hydrogen-bond acceptors (Lipinski definition) is 1. The summed E-state index contributed by atoms with van der Waals surface area (Å²) < 4.78 is 0.